The van der Waals surface area contributed by atoms with Gasteiger partial charge in [-0.1, -0.05) is 12.1 Å². The van der Waals surface area contributed by atoms with Gasteiger partial charge in [-0.3, -0.25) is 0 Å². The molecule has 0 saturated heterocycles. The highest BCUT2D eigenvalue weighted by Crippen LogP contribution is 2.19. The topological polar surface area (TPSA) is 26.0 Å². The van der Waals surface area contributed by atoms with E-state index in [0.29, 0.717) is 5.56 Å². The van der Waals surface area contributed by atoms with Crippen molar-refractivity contribution in [2.75, 3.05) is 0 Å². The predicted molar refractivity (Wildman–Crippen MR) is 66.1 cm³/mol. The SMILES string of the molecule is Cc1cc(C(N)Cc2ccsc2)ccc1F. The van der Waals surface area contributed by atoms with Gasteiger partial charge in [0.25, 0.3) is 0 Å². The molecule has 0 spiro atoms. The van der Waals surface area contributed by atoms with Crippen molar-refractivity contribution in [2.24, 2.45) is 5.73 Å². The fraction of sp³-hybridized carbons (Fsp3) is 0.231. The molecule has 16 heavy (non-hydrogen) atoms. The molecule has 1 aromatic heterocycles. The van der Waals surface area contributed by atoms with Crippen molar-refractivity contribution in [3.05, 3.63) is 57.5 Å². The van der Waals surface area contributed by atoms with Crippen LogP contribution < -0.4 is 5.73 Å². The molecule has 3 heteroatoms. The first kappa shape index (κ1) is 11.3. The quantitative estimate of drug-likeness (QED) is 0.866. The van der Waals surface area contributed by atoms with E-state index in [2.05, 4.69) is 11.4 Å². The average molecular weight is 235 g/mol. The predicted octanol–water partition coefficient (Wildman–Crippen LogP) is 3.44. The number of rotatable bonds is 3. The van der Waals surface area contributed by atoms with E-state index in [1.54, 1.807) is 24.3 Å². The van der Waals surface area contributed by atoms with Crippen molar-refractivity contribution < 1.29 is 4.39 Å². The zero-order chi connectivity index (χ0) is 11.5. The lowest BCUT2D eigenvalue weighted by Crippen LogP contribution is -2.13. The monoisotopic (exact) mass is 235 g/mol. The molecule has 0 aliphatic carbocycles. The van der Waals surface area contributed by atoms with Crippen LogP contribution in [0, 0.1) is 12.7 Å². The first-order valence-electron chi connectivity index (χ1n) is 5.19. The zero-order valence-electron chi connectivity index (χ0n) is 9.11. The lowest BCUT2D eigenvalue weighted by Gasteiger charge is -2.12. The molecule has 0 radical (unpaired) electrons. The van der Waals surface area contributed by atoms with E-state index in [1.807, 2.05) is 11.4 Å². The second-order valence-corrected chi connectivity index (χ2v) is 4.73. The van der Waals surface area contributed by atoms with E-state index in [4.69, 9.17) is 5.73 Å². The zero-order valence-corrected chi connectivity index (χ0v) is 9.93. The van der Waals surface area contributed by atoms with Gasteiger partial charge in [-0.15, -0.1) is 0 Å². The van der Waals surface area contributed by atoms with Crippen LogP contribution in [0.4, 0.5) is 4.39 Å². The van der Waals surface area contributed by atoms with Gasteiger partial charge < -0.3 is 5.73 Å². The second kappa shape index (κ2) is 4.76. The van der Waals surface area contributed by atoms with E-state index < -0.39 is 0 Å². The van der Waals surface area contributed by atoms with Gasteiger partial charge in [0.05, 0.1) is 0 Å². The fourth-order valence-corrected chi connectivity index (χ4v) is 2.36. The Morgan fingerprint density at radius 1 is 1.38 bits per heavy atom. The van der Waals surface area contributed by atoms with Crippen molar-refractivity contribution >= 4 is 11.3 Å². The molecule has 1 nitrogen and oxygen atoms in total. The Bertz CT molecular complexity index is 465. The Balaban J connectivity index is 2.14. The summed E-state index contributed by atoms with van der Waals surface area (Å²) in [5.41, 5.74) is 8.96. The van der Waals surface area contributed by atoms with Gasteiger partial charge in [-0.25, -0.2) is 4.39 Å². The number of hydrogen-bond acceptors (Lipinski definition) is 2. The van der Waals surface area contributed by atoms with E-state index >= 15 is 0 Å². The molecule has 0 amide bonds. The second-order valence-electron chi connectivity index (χ2n) is 3.95. The lowest BCUT2D eigenvalue weighted by molar-refractivity contribution is 0.615. The van der Waals surface area contributed by atoms with Crippen molar-refractivity contribution in [2.45, 2.75) is 19.4 Å². The Labute approximate surface area is 98.7 Å². The Morgan fingerprint density at radius 3 is 2.81 bits per heavy atom. The normalized spacial score (nSPS) is 12.7. The molecular weight excluding hydrogens is 221 g/mol. The number of aryl methyl sites for hydroxylation is 1. The van der Waals surface area contributed by atoms with Crippen LogP contribution in [-0.2, 0) is 6.42 Å². The van der Waals surface area contributed by atoms with Gasteiger partial charge in [0, 0.05) is 6.04 Å². The van der Waals surface area contributed by atoms with Gasteiger partial charge in [-0.05, 0) is 52.9 Å². The minimum Gasteiger partial charge on any atom is -0.324 e. The summed E-state index contributed by atoms with van der Waals surface area (Å²) in [4.78, 5) is 0. The fourth-order valence-electron chi connectivity index (χ4n) is 1.68. The smallest absolute Gasteiger partial charge is 0.126 e. The molecule has 0 aliphatic rings. The summed E-state index contributed by atoms with van der Waals surface area (Å²) in [5, 5.41) is 4.13. The van der Waals surface area contributed by atoms with E-state index in [0.717, 1.165) is 12.0 Å². The molecule has 0 fully saturated rings. The third kappa shape index (κ3) is 2.49. The van der Waals surface area contributed by atoms with Crippen LogP contribution in [0.5, 0.6) is 0 Å². The summed E-state index contributed by atoms with van der Waals surface area (Å²) in [7, 11) is 0. The van der Waals surface area contributed by atoms with E-state index in [-0.39, 0.29) is 11.9 Å². The summed E-state index contributed by atoms with van der Waals surface area (Å²) in [6, 6.07) is 7.08. The van der Waals surface area contributed by atoms with Gasteiger partial charge in [0.1, 0.15) is 5.82 Å². The standard InChI is InChI=1S/C13H14FNS/c1-9-6-11(2-3-12(9)14)13(15)7-10-4-5-16-8-10/h2-6,8,13H,7,15H2,1H3. The summed E-state index contributed by atoms with van der Waals surface area (Å²) < 4.78 is 13.1. The van der Waals surface area contributed by atoms with Crippen LogP contribution in [-0.4, -0.2) is 0 Å². The highest BCUT2D eigenvalue weighted by Gasteiger charge is 2.09. The minimum absolute atomic E-state index is 0.0612. The summed E-state index contributed by atoms with van der Waals surface area (Å²) >= 11 is 1.67. The molecule has 1 unspecified atom stereocenters. The van der Waals surface area contributed by atoms with Crippen LogP contribution in [0.15, 0.2) is 35.0 Å². The summed E-state index contributed by atoms with van der Waals surface area (Å²) in [6.45, 7) is 1.76. The minimum atomic E-state index is -0.175. The van der Waals surface area contributed by atoms with Gasteiger partial charge >= 0.3 is 0 Å². The maximum Gasteiger partial charge on any atom is 0.126 e. The van der Waals surface area contributed by atoms with Gasteiger partial charge in [0.15, 0.2) is 0 Å². The Hall–Kier alpha value is -1.19. The molecule has 0 aliphatic heterocycles. The maximum atomic E-state index is 13.1. The Morgan fingerprint density at radius 2 is 2.19 bits per heavy atom. The maximum absolute atomic E-state index is 13.1. The van der Waals surface area contributed by atoms with E-state index in [9.17, 15) is 4.39 Å². The molecule has 0 bridgehead atoms. The summed E-state index contributed by atoms with van der Waals surface area (Å²) in [5.74, 6) is -0.175. The molecule has 2 aromatic rings. The number of nitrogens with two attached hydrogens (primary N) is 1. The van der Waals surface area contributed by atoms with Gasteiger partial charge in [0.2, 0.25) is 0 Å². The van der Waals surface area contributed by atoms with Crippen molar-refractivity contribution in [1.82, 2.24) is 0 Å². The van der Waals surface area contributed by atoms with Crippen LogP contribution >= 0.6 is 11.3 Å². The third-order valence-corrected chi connectivity index (χ3v) is 3.38. The average Bonchev–Trinajstić information content (AvgIpc) is 2.74. The third-order valence-electron chi connectivity index (χ3n) is 2.65. The molecular formula is C13H14FNS. The van der Waals surface area contributed by atoms with Crippen LogP contribution in [0.2, 0.25) is 0 Å². The van der Waals surface area contributed by atoms with Crippen molar-refractivity contribution in [3.8, 4) is 0 Å². The summed E-state index contributed by atoms with van der Waals surface area (Å²) in [6.07, 6.45) is 0.800. The molecule has 84 valence electrons. The first-order valence-corrected chi connectivity index (χ1v) is 6.14. The lowest BCUT2D eigenvalue weighted by atomic mass is 10.00. The van der Waals surface area contributed by atoms with Crippen molar-refractivity contribution in [3.63, 3.8) is 0 Å². The number of halogens is 1. The van der Waals surface area contributed by atoms with E-state index in [1.165, 1.54) is 11.6 Å². The number of hydrogen-bond donors (Lipinski definition) is 1. The number of thiophene rings is 1. The van der Waals surface area contributed by atoms with Crippen LogP contribution in [0.25, 0.3) is 0 Å². The molecule has 0 saturated carbocycles. The van der Waals surface area contributed by atoms with Crippen LogP contribution in [0.3, 0.4) is 0 Å². The van der Waals surface area contributed by atoms with Crippen LogP contribution in [0.1, 0.15) is 22.7 Å². The molecule has 1 atom stereocenters. The highest BCUT2D eigenvalue weighted by atomic mass is 32.1. The van der Waals surface area contributed by atoms with Gasteiger partial charge in [-0.2, -0.15) is 11.3 Å². The van der Waals surface area contributed by atoms with Crippen molar-refractivity contribution in [1.29, 1.82) is 0 Å². The molecule has 1 heterocycles. The molecule has 2 rings (SSSR count). The largest absolute Gasteiger partial charge is 0.324 e. The highest BCUT2D eigenvalue weighted by molar-refractivity contribution is 7.07. The molecule has 2 N–H and O–H groups in total. The first-order chi connectivity index (χ1) is 7.66. The molecule has 1 aromatic carbocycles. The number of benzene rings is 1. The Kier molecular flexibility index (Phi) is 3.36.